The van der Waals surface area contributed by atoms with Crippen LogP contribution in [0.2, 0.25) is 0 Å². The van der Waals surface area contributed by atoms with Crippen LogP contribution in [0, 0.1) is 6.92 Å². The zero-order valence-corrected chi connectivity index (χ0v) is 12.5. The van der Waals surface area contributed by atoms with E-state index in [1.165, 1.54) is 10.8 Å². The second kappa shape index (κ2) is 6.19. The van der Waals surface area contributed by atoms with Crippen LogP contribution in [-0.2, 0) is 4.74 Å². The number of aliphatic hydroxyl groups excluding tert-OH is 2. The Kier molecular flexibility index (Phi) is 5.34. The first-order valence-electron chi connectivity index (χ1n) is 5.39. The van der Waals surface area contributed by atoms with Crippen molar-refractivity contribution in [2.24, 2.45) is 0 Å². The first kappa shape index (κ1) is 16.4. The van der Waals surface area contributed by atoms with Gasteiger partial charge in [0.2, 0.25) is 0 Å². The first-order valence-corrected chi connectivity index (χ1v) is 6.31. The molecule has 0 aromatic carbocycles. The minimum atomic E-state index is -0.898. The maximum absolute atomic E-state index is 11.8. The SMILES string of the molecule is Cc1cn([C@@H]2O[C@H](CO)[C@@H](O)[C@H]2Br)c(=O)nc1N.Cl. The lowest BCUT2D eigenvalue weighted by Gasteiger charge is -2.17. The van der Waals surface area contributed by atoms with E-state index in [1.54, 1.807) is 6.92 Å². The number of rotatable bonds is 2. The second-order valence-electron chi connectivity index (χ2n) is 4.18. The van der Waals surface area contributed by atoms with E-state index in [1.807, 2.05) is 0 Å². The molecular weight excluding hydrogens is 341 g/mol. The van der Waals surface area contributed by atoms with Crippen molar-refractivity contribution in [1.29, 1.82) is 0 Å². The predicted octanol–water partition coefficient (Wildman–Crippen LogP) is -0.430. The van der Waals surface area contributed by atoms with Gasteiger partial charge < -0.3 is 20.7 Å². The lowest BCUT2D eigenvalue weighted by atomic mass is 10.2. The quantitative estimate of drug-likeness (QED) is 0.620. The molecule has 1 aromatic rings. The van der Waals surface area contributed by atoms with E-state index in [0.29, 0.717) is 5.56 Å². The third-order valence-electron chi connectivity index (χ3n) is 2.92. The fourth-order valence-electron chi connectivity index (χ4n) is 1.84. The number of anilines is 1. The number of nitrogens with zero attached hydrogens (tertiary/aromatic N) is 2. The van der Waals surface area contributed by atoms with Gasteiger partial charge in [0.25, 0.3) is 0 Å². The lowest BCUT2D eigenvalue weighted by Crippen LogP contribution is -2.33. The van der Waals surface area contributed by atoms with Crippen LogP contribution in [0.1, 0.15) is 11.8 Å². The molecule has 9 heteroatoms. The minimum absolute atomic E-state index is 0. The largest absolute Gasteiger partial charge is 0.394 e. The molecule has 0 spiro atoms. The van der Waals surface area contributed by atoms with Crippen LogP contribution in [-0.4, -0.2) is 43.4 Å². The van der Waals surface area contributed by atoms with Crippen LogP contribution in [0.25, 0.3) is 0 Å². The van der Waals surface area contributed by atoms with E-state index in [9.17, 15) is 9.90 Å². The van der Waals surface area contributed by atoms with Crippen molar-refractivity contribution in [3.8, 4) is 0 Å². The Hall–Kier alpha value is -0.670. The molecule has 0 radical (unpaired) electrons. The van der Waals surface area contributed by atoms with Gasteiger partial charge in [0.15, 0.2) is 6.23 Å². The molecule has 0 amide bonds. The smallest absolute Gasteiger partial charge is 0.351 e. The highest BCUT2D eigenvalue weighted by Gasteiger charge is 2.43. The maximum atomic E-state index is 11.8. The highest BCUT2D eigenvalue weighted by molar-refractivity contribution is 9.09. The van der Waals surface area contributed by atoms with Gasteiger partial charge >= 0.3 is 5.69 Å². The fraction of sp³-hybridized carbons (Fsp3) is 0.600. The standard InChI is InChI=1S/C10H14BrN3O4.ClH/c1-4-2-14(10(17)13-8(4)12)9-6(11)7(16)5(3-15)18-9;/h2,5-7,9,15-16H,3H2,1H3,(H2,12,13,17);1H/t5-,6-,7-,9-;/m1./s1. The normalized spacial score (nSPS) is 30.1. The number of nitrogens with two attached hydrogens (primary N) is 1. The van der Waals surface area contributed by atoms with Crippen molar-refractivity contribution in [2.45, 2.75) is 30.2 Å². The summed E-state index contributed by atoms with van der Waals surface area (Å²) in [5.41, 5.74) is 5.62. The van der Waals surface area contributed by atoms with Gasteiger partial charge in [-0.15, -0.1) is 12.4 Å². The van der Waals surface area contributed by atoms with Gasteiger partial charge in [0.1, 0.15) is 11.9 Å². The summed E-state index contributed by atoms with van der Waals surface area (Å²) in [4.78, 5) is 14.9. The molecule has 4 atom stereocenters. The number of ether oxygens (including phenoxy) is 1. The third-order valence-corrected chi connectivity index (χ3v) is 3.92. The minimum Gasteiger partial charge on any atom is -0.394 e. The van der Waals surface area contributed by atoms with Gasteiger partial charge in [-0.3, -0.25) is 4.57 Å². The molecule has 0 saturated carbocycles. The average molecular weight is 357 g/mol. The summed E-state index contributed by atoms with van der Waals surface area (Å²) in [7, 11) is 0. The van der Waals surface area contributed by atoms with Gasteiger partial charge in [-0.05, 0) is 6.92 Å². The number of hydrogen-bond acceptors (Lipinski definition) is 6. The molecule has 2 rings (SSSR count). The number of nitrogen functional groups attached to an aromatic ring is 1. The lowest BCUT2D eigenvalue weighted by molar-refractivity contribution is -0.0456. The van der Waals surface area contributed by atoms with Gasteiger partial charge in [-0.1, -0.05) is 15.9 Å². The molecule has 0 unspecified atom stereocenters. The van der Waals surface area contributed by atoms with Crippen molar-refractivity contribution >= 4 is 34.2 Å². The Morgan fingerprint density at radius 3 is 2.79 bits per heavy atom. The molecular formula is C10H15BrClN3O4. The number of aromatic nitrogens is 2. The maximum Gasteiger partial charge on any atom is 0.351 e. The van der Waals surface area contributed by atoms with Gasteiger partial charge in [0, 0.05) is 11.8 Å². The molecule has 1 saturated heterocycles. The molecule has 0 bridgehead atoms. The van der Waals surface area contributed by atoms with E-state index < -0.39 is 29.0 Å². The summed E-state index contributed by atoms with van der Waals surface area (Å²) >= 11 is 3.26. The number of alkyl halides is 1. The Morgan fingerprint density at radius 1 is 1.63 bits per heavy atom. The van der Waals surface area contributed by atoms with E-state index in [0.717, 1.165) is 0 Å². The summed E-state index contributed by atoms with van der Waals surface area (Å²) in [6.45, 7) is 1.40. The number of aryl methyl sites for hydroxylation is 1. The number of aliphatic hydroxyl groups is 2. The Bertz CT molecular complexity index is 512. The number of halogens is 2. The van der Waals surface area contributed by atoms with Crippen molar-refractivity contribution in [3.05, 3.63) is 22.2 Å². The summed E-state index contributed by atoms with van der Waals surface area (Å²) < 4.78 is 6.69. The van der Waals surface area contributed by atoms with Gasteiger partial charge in [-0.2, -0.15) is 4.98 Å². The van der Waals surface area contributed by atoms with Crippen LogP contribution in [0.15, 0.2) is 11.0 Å². The van der Waals surface area contributed by atoms with Crippen molar-refractivity contribution in [3.63, 3.8) is 0 Å². The van der Waals surface area contributed by atoms with Crippen LogP contribution < -0.4 is 11.4 Å². The topological polar surface area (TPSA) is 111 Å². The molecule has 19 heavy (non-hydrogen) atoms. The van der Waals surface area contributed by atoms with Crippen molar-refractivity contribution < 1.29 is 14.9 Å². The van der Waals surface area contributed by atoms with Gasteiger partial charge in [-0.25, -0.2) is 4.79 Å². The molecule has 1 aliphatic rings. The Labute approximate surface area is 123 Å². The monoisotopic (exact) mass is 355 g/mol. The third kappa shape index (κ3) is 2.92. The highest BCUT2D eigenvalue weighted by atomic mass is 79.9. The van der Waals surface area contributed by atoms with Gasteiger partial charge in [0.05, 0.1) is 17.5 Å². The average Bonchev–Trinajstić information content (AvgIpc) is 2.61. The predicted molar refractivity (Wildman–Crippen MR) is 74.6 cm³/mol. The molecule has 0 aliphatic carbocycles. The van der Waals surface area contributed by atoms with Crippen LogP contribution in [0.3, 0.4) is 0 Å². The second-order valence-corrected chi connectivity index (χ2v) is 5.24. The Morgan fingerprint density at radius 2 is 2.26 bits per heavy atom. The highest BCUT2D eigenvalue weighted by Crippen LogP contribution is 2.33. The number of hydrogen-bond donors (Lipinski definition) is 3. The molecule has 7 nitrogen and oxygen atoms in total. The van der Waals surface area contributed by atoms with E-state index in [2.05, 4.69) is 20.9 Å². The molecule has 108 valence electrons. The first-order chi connectivity index (χ1) is 8.45. The zero-order chi connectivity index (χ0) is 13.4. The van der Waals surface area contributed by atoms with Crippen molar-refractivity contribution in [1.82, 2.24) is 9.55 Å². The van der Waals surface area contributed by atoms with E-state index >= 15 is 0 Å². The fourth-order valence-corrected chi connectivity index (χ4v) is 2.56. The molecule has 1 aliphatic heterocycles. The van der Waals surface area contributed by atoms with Crippen LogP contribution >= 0.6 is 28.3 Å². The summed E-state index contributed by atoms with van der Waals surface area (Å²) in [6.07, 6.45) is -0.832. The summed E-state index contributed by atoms with van der Waals surface area (Å²) in [6, 6.07) is 0. The summed E-state index contributed by atoms with van der Waals surface area (Å²) in [5.74, 6) is 0.166. The summed E-state index contributed by atoms with van der Waals surface area (Å²) in [5, 5.41) is 18.9. The molecule has 4 N–H and O–H groups in total. The van der Waals surface area contributed by atoms with E-state index in [4.69, 9.17) is 15.6 Å². The van der Waals surface area contributed by atoms with Crippen molar-refractivity contribution in [2.75, 3.05) is 12.3 Å². The van der Waals surface area contributed by atoms with Crippen LogP contribution in [0.5, 0.6) is 0 Å². The van der Waals surface area contributed by atoms with Crippen LogP contribution in [0.4, 0.5) is 5.82 Å². The van der Waals surface area contributed by atoms with E-state index in [-0.39, 0.29) is 24.8 Å². The molecule has 2 heterocycles. The zero-order valence-electron chi connectivity index (χ0n) is 10.1. The molecule has 1 aromatic heterocycles. The molecule has 1 fully saturated rings. The Balaban J connectivity index is 0.00000180.